The zero-order valence-corrected chi connectivity index (χ0v) is 10.0. The Morgan fingerprint density at radius 3 is 2.44 bits per heavy atom. The summed E-state index contributed by atoms with van der Waals surface area (Å²) >= 11 is 0. The van der Waals surface area contributed by atoms with Crippen LogP contribution in [-0.2, 0) is 9.59 Å². The SMILES string of the molecule is COc1ccccc1C(=O)CN1C(=O)CCC1=O. The number of Topliss-reactive ketones (excluding diaryl/α,β-unsaturated/α-hetero) is 1. The largest absolute Gasteiger partial charge is 0.496 e. The molecule has 94 valence electrons. The van der Waals surface area contributed by atoms with Crippen molar-refractivity contribution in [1.29, 1.82) is 0 Å². The van der Waals surface area contributed by atoms with E-state index >= 15 is 0 Å². The highest BCUT2D eigenvalue weighted by Gasteiger charge is 2.31. The van der Waals surface area contributed by atoms with Gasteiger partial charge in [-0.2, -0.15) is 0 Å². The summed E-state index contributed by atoms with van der Waals surface area (Å²) in [5, 5.41) is 0. The second kappa shape index (κ2) is 5.00. The highest BCUT2D eigenvalue weighted by molar-refractivity contribution is 6.08. The molecule has 1 aromatic carbocycles. The van der Waals surface area contributed by atoms with Crippen LogP contribution in [0.15, 0.2) is 24.3 Å². The van der Waals surface area contributed by atoms with Crippen molar-refractivity contribution >= 4 is 17.6 Å². The van der Waals surface area contributed by atoms with Crippen LogP contribution in [0, 0.1) is 0 Å². The highest BCUT2D eigenvalue weighted by atomic mass is 16.5. The molecule has 5 heteroatoms. The fourth-order valence-corrected chi connectivity index (χ4v) is 1.90. The van der Waals surface area contributed by atoms with E-state index in [4.69, 9.17) is 4.74 Å². The predicted octanol–water partition coefficient (Wildman–Crippen LogP) is 1.03. The Balaban J connectivity index is 2.17. The lowest BCUT2D eigenvalue weighted by Gasteiger charge is -2.13. The number of likely N-dealkylation sites (tertiary alicyclic amines) is 1. The number of imide groups is 1. The summed E-state index contributed by atoms with van der Waals surface area (Å²) in [6, 6.07) is 6.75. The lowest BCUT2D eigenvalue weighted by Crippen LogP contribution is -2.34. The highest BCUT2D eigenvalue weighted by Crippen LogP contribution is 2.19. The smallest absolute Gasteiger partial charge is 0.230 e. The predicted molar refractivity (Wildman–Crippen MR) is 63.3 cm³/mol. The Bertz CT molecular complexity index is 493. The van der Waals surface area contributed by atoms with Crippen molar-refractivity contribution in [3.05, 3.63) is 29.8 Å². The van der Waals surface area contributed by atoms with Crippen LogP contribution in [0.3, 0.4) is 0 Å². The molecular weight excluding hydrogens is 234 g/mol. The number of hydrogen-bond acceptors (Lipinski definition) is 4. The van der Waals surface area contributed by atoms with Gasteiger partial charge in [0.05, 0.1) is 19.2 Å². The van der Waals surface area contributed by atoms with Gasteiger partial charge in [0, 0.05) is 12.8 Å². The van der Waals surface area contributed by atoms with Gasteiger partial charge < -0.3 is 4.74 Å². The fourth-order valence-electron chi connectivity index (χ4n) is 1.90. The second-order valence-corrected chi connectivity index (χ2v) is 4.00. The van der Waals surface area contributed by atoms with Crippen molar-refractivity contribution in [2.75, 3.05) is 13.7 Å². The Morgan fingerprint density at radius 2 is 1.83 bits per heavy atom. The molecule has 0 aromatic heterocycles. The van der Waals surface area contributed by atoms with Gasteiger partial charge in [-0.25, -0.2) is 0 Å². The number of methoxy groups -OCH3 is 1. The first kappa shape index (κ1) is 12.3. The van der Waals surface area contributed by atoms with Gasteiger partial charge in [-0.1, -0.05) is 12.1 Å². The van der Waals surface area contributed by atoms with E-state index in [0.29, 0.717) is 11.3 Å². The molecule has 0 bridgehead atoms. The molecule has 1 heterocycles. The minimum absolute atomic E-state index is 0.192. The van der Waals surface area contributed by atoms with Crippen LogP contribution >= 0.6 is 0 Å². The first-order valence-electron chi connectivity index (χ1n) is 5.63. The van der Waals surface area contributed by atoms with Crippen LogP contribution in [-0.4, -0.2) is 36.2 Å². The first-order valence-corrected chi connectivity index (χ1v) is 5.63. The maximum Gasteiger partial charge on any atom is 0.230 e. The molecule has 18 heavy (non-hydrogen) atoms. The van der Waals surface area contributed by atoms with Gasteiger partial charge in [-0.3, -0.25) is 19.3 Å². The molecular formula is C13H13NO4. The minimum atomic E-state index is -0.295. The maximum absolute atomic E-state index is 12.0. The van der Waals surface area contributed by atoms with Gasteiger partial charge in [-0.05, 0) is 12.1 Å². The number of ether oxygens (including phenoxy) is 1. The van der Waals surface area contributed by atoms with Gasteiger partial charge in [0.1, 0.15) is 5.75 Å². The zero-order valence-electron chi connectivity index (χ0n) is 10.0. The molecule has 0 radical (unpaired) electrons. The van der Waals surface area contributed by atoms with E-state index in [1.807, 2.05) is 0 Å². The summed E-state index contributed by atoms with van der Waals surface area (Å²) in [5.74, 6) is -0.427. The molecule has 1 aliphatic heterocycles. The van der Waals surface area contributed by atoms with Gasteiger partial charge in [0.2, 0.25) is 11.8 Å². The van der Waals surface area contributed by atoms with E-state index < -0.39 is 0 Å². The number of rotatable bonds is 4. The molecule has 1 fully saturated rings. The molecule has 0 unspecified atom stereocenters. The van der Waals surface area contributed by atoms with Gasteiger partial charge in [0.15, 0.2) is 5.78 Å². The third kappa shape index (κ3) is 2.25. The lowest BCUT2D eigenvalue weighted by atomic mass is 10.1. The average molecular weight is 247 g/mol. The van der Waals surface area contributed by atoms with Crippen molar-refractivity contribution in [1.82, 2.24) is 4.90 Å². The number of benzene rings is 1. The topological polar surface area (TPSA) is 63.7 Å². The summed E-state index contributed by atoms with van der Waals surface area (Å²) in [6.07, 6.45) is 0.385. The Hall–Kier alpha value is -2.17. The zero-order chi connectivity index (χ0) is 13.1. The second-order valence-electron chi connectivity index (χ2n) is 4.00. The van der Waals surface area contributed by atoms with E-state index in [9.17, 15) is 14.4 Å². The molecule has 0 saturated carbocycles. The molecule has 2 amide bonds. The van der Waals surface area contributed by atoms with Crippen LogP contribution in [0.2, 0.25) is 0 Å². The third-order valence-electron chi connectivity index (χ3n) is 2.86. The molecule has 2 rings (SSSR count). The van der Waals surface area contributed by atoms with Crippen LogP contribution in [0.25, 0.3) is 0 Å². The summed E-state index contributed by atoms with van der Waals surface area (Å²) in [6.45, 7) is -0.210. The quantitative estimate of drug-likeness (QED) is 0.588. The van der Waals surface area contributed by atoms with Crippen molar-refractivity contribution in [3.8, 4) is 5.75 Å². The van der Waals surface area contributed by atoms with Crippen LogP contribution in [0.4, 0.5) is 0 Å². The minimum Gasteiger partial charge on any atom is -0.496 e. The van der Waals surface area contributed by atoms with E-state index in [-0.39, 0.29) is 37.0 Å². The van der Waals surface area contributed by atoms with E-state index in [1.165, 1.54) is 7.11 Å². The van der Waals surface area contributed by atoms with Crippen molar-refractivity contribution < 1.29 is 19.1 Å². The summed E-state index contributed by atoms with van der Waals surface area (Å²) in [4.78, 5) is 35.9. The molecule has 0 aliphatic carbocycles. The Kier molecular flexibility index (Phi) is 3.41. The van der Waals surface area contributed by atoms with Crippen molar-refractivity contribution in [3.63, 3.8) is 0 Å². The van der Waals surface area contributed by atoms with Crippen LogP contribution in [0.5, 0.6) is 5.75 Å². The lowest BCUT2D eigenvalue weighted by molar-refractivity contribution is -0.137. The van der Waals surface area contributed by atoms with Crippen molar-refractivity contribution in [2.45, 2.75) is 12.8 Å². The monoisotopic (exact) mass is 247 g/mol. The standard InChI is InChI=1S/C13H13NO4/c1-18-11-5-3-2-4-9(11)10(15)8-14-12(16)6-7-13(14)17/h2-5H,6-8H2,1H3. The number of carbonyl (C=O) groups is 3. The number of para-hydroxylation sites is 1. The molecule has 0 N–H and O–H groups in total. The summed E-state index contributed by atoms with van der Waals surface area (Å²) < 4.78 is 5.08. The third-order valence-corrected chi connectivity index (χ3v) is 2.86. The molecule has 1 aromatic rings. The number of amides is 2. The first-order chi connectivity index (χ1) is 8.63. The molecule has 1 aliphatic rings. The average Bonchev–Trinajstić information content (AvgIpc) is 2.70. The van der Waals surface area contributed by atoms with Gasteiger partial charge in [0.25, 0.3) is 0 Å². The van der Waals surface area contributed by atoms with Gasteiger partial charge >= 0.3 is 0 Å². The Labute approximate surface area is 104 Å². The number of nitrogens with zero attached hydrogens (tertiary/aromatic N) is 1. The molecule has 5 nitrogen and oxygen atoms in total. The summed E-state index contributed by atoms with van der Waals surface area (Å²) in [7, 11) is 1.47. The molecule has 1 saturated heterocycles. The summed E-state index contributed by atoms with van der Waals surface area (Å²) in [5.41, 5.74) is 0.382. The van der Waals surface area contributed by atoms with Crippen molar-refractivity contribution in [2.24, 2.45) is 0 Å². The van der Waals surface area contributed by atoms with Crippen LogP contribution in [0.1, 0.15) is 23.2 Å². The van der Waals surface area contributed by atoms with E-state index in [1.54, 1.807) is 24.3 Å². The fraction of sp³-hybridized carbons (Fsp3) is 0.308. The normalized spacial score (nSPS) is 15.1. The maximum atomic E-state index is 12.0. The number of carbonyl (C=O) groups excluding carboxylic acids is 3. The van der Waals surface area contributed by atoms with E-state index in [2.05, 4.69) is 0 Å². The van der Waals surface area contributed by atoms with Gasteiger partial charge in [-0.15, -0.1) is 0 Å². The number of hydrogen-bond donors (Lipinski definition) is 0. The van der Waals surface area contributed by atoms with E-state index in [0.717, 1.165) is 4.90 Å². The Morgan fingerprint density at radius 1 is 1.22 bits per heavy atom. The molecule has 0 atom stereocenters. The van der Waals surface area contributed by atoms with Crippen LogP contribution < -0.4 is 4.74 Å². The molecule has 0 spiro atoms. The number of ketones is 1.